The van der Waals surface area contributed by atoms with E-state index in [2.05, 4.69) is 104 Å². The van der Waals surface area contributed by atoms with Gasteiger partial charge in [-0.1, -0.05) is 54.1 Å². The highest BCUT2D eigenvalue weighted by molar-refractivity contribution is 8.01. The number of nitrogens with one attached hydrogen (secondary N) is 1. The van der Waals surface area contributed by atoms with Crippen LogP contribution in [0.3, 0.4) is 0 Å². The van der Waals surface area contributed by atoms with E-state index >= 15 is 0 Å². The Morgan fingerprint density at radius 1 is 0.667 bits per heavy atom. The van der Waals surface area contributed by atoms with Crippen LogP contribution in [0.4, 0.5) is 0 Å². The van der Waals surface area contributed by atoms with Crippen molar-refractivity contribution in [3.8, 4) is 0 Å². The van der Waals surface area contributed by atoms with E-state index in [1.54, 1.807) is 0 Å². The van der Waals surface area contributed by atoms with Crippen LogP contribution in [0, 0.1) is 13.8 Å². The van der Waals surface area contributed by atoms with Crippen molar-refractivity contribution in [2.75, 3.05) is 0 Å². The van der Waals surface area contributed by atoms with Gasteiger partial charge in [0.15, 0.2) is 7.26 Å². The fourth-order valence-corrected chi connectivity index (χ4v) is 7.49. The van der Waals surface area contributed by atoms with Crippen molar-refractivity contribution >= 4 is 28.7 Å². The van der Waals surface area contributed by atoms with Crippen LogP contribution in [0.1, 0.15) is 11.3 Å². The van der Waals surface area contributed by atoms with Gasteiger partial charge in [-0.3, -0.25) is 0 Å². The van der Waals surface area contributed by atoms with Gasteiger partial charge in [-0.2, -0.15) is 0 Å². The Morgan fingerprint density at radius 2 is 1.15 bits per heavy atom. The lowest BCUT2D eigenvalue weighted by Gasteiger charge is -2.24. The molecule has 136 valence electrons. The molecule has 0 unspecified atom stereocenters. The van der Waals surface area contributed by atoms with Gasteiger partial charge in [-0.15, -0.1) is 0 Å². The summed E-state index contributed by atoms with van der Waals surface area (Å²) >= 11 is 0. The lowest BCUT2D eigenvalue weighted by atomic mass is 10.2. The molecule has 0 aliphatic rings. The largest absolute Gasteiger partial charge is 1.00 e. The minimum Gasteiger partial charge on any atom is -1.00 e. The summed E-state index contributed by atoms with van der Waals surface area (Å²) in [7, 11) is -2.07. The Hall–Kier alpha value is -2.41. The van der Waals surface area contributed by atoms with Gasteiger partial charge in [0.2, 0.25) is 0 Å². The molecular formula is C23H22ClN2P. The third kappa shape index (κ3) is 3.43. The van der Waals surface area contributed by atoms with Crippen molar-refractivity contribution in [2.45, 2.75) is 13.8 Å². The first-order valence-corrected chi connectivity index (χ1v) is 10.6. The standard InChI is InChI=1S/C23H22N2P.ClH/c1-18-13-15-22(16-14-18)26(20-9-5-3-6-10-20,21-11-7-4-8-12-21)23-24-17-19(2)25-23;/h3-17H,1-2H3,(H,24,25);1H/q+1;/p-1. The molecule has 2 nitrogen and oxygen atoms in total. The molecule has 4 heteroatoms. The van der Waals surface area contributed by atoms with E-state index in [9.17, 15) is 0 Å². The van der Waals surface area contributed by atoms with Gasteiger partial charge >= 0.3 is 0 Å². The number of nitrogens with zero attached hydrogens (tertiary/aromatic N) is 1. The predicted octanol–water partition coefficient (Wildman–Crippen LogP) is 0.650. The van der Waals surface area contributed by atoms with E-state index in [-0.39, 0.29) is 12.4 Å². The molecule has 1 aromatic heterocycles. The van der Waals surface area contributed by atoms with Crippen molar-refractivity contribution in [3.63, 3.8) is 0 Å². The third-order valence-electron chi connectivity index (χ3n) is 4.72. The van der Waals surface area contributed by atoms with Crippen molar-refractivity contribution < 1.29 is 12.4 Å². The molecule has 0 saturated carbocycles. The summed E-state index contributed by atoms with van der Waals surface area (Å²) in [5.74, 6) is 0. The molecular weight excluding hydrogens is 371 g/mol. The molecule has 1 heterocycles. The van der Waals surface area contributed by atoms with E-state index in [0.29, 0.717) is 0 Å². The Balaban J connectivity index is 0.00000210. The maximum atomic E-state index is 4.83. The normalized spacial score (nSPS) is 11.0. The molecule has 0 aliphatic carbocycles. The molecule has 4 rings (SSSR count). The van der Waals surface area contributed by atoms with E-state index in [1.807, 2.05) is 6.20 Å². The Bertz CT molecular complexity index is 956. The van der Waals surface area contributed by atoms with Crippen molar-refractivity contribution in [1.82, 2.24) is 9.97 Å². The molecule has 4 aromatic rings. The molecule has 0 atom stereocenters. The summed E-state index contributed by atoms with van der Waals surface area (Å²) in [4.78, 5) is 8.40. The van der Waals surface area contributed by atoms with Gasteiger partial charge in [0.1, 0.15) is 15.9 Å². The monoisotopic (exact) mass is 392 g/mol. The molecule has 27 heavy (non-hydrogen) atoms. The number of aromatic nitrogens is 2. The zero-order valence-electron chi connectivity index (χ0n) is 15.4. The fourth-order valence-electron chi connectivity index (χ4n) is 3.45. The first-order valence-electron chi connectivity index (χ1n) is 8.81. The van der Waals surface area contributed by atoms with E-state index in [4.69, 9.17) is 4.98 Å². The molecule has 0 spiro atoms. The van der Waals surface area contributed by atoms with E-state index in [0.717, 1.165) is 11.3 Å². The number of imidazole rings is 1. The highest BCUT2D eigenvalue weighted by Gasteiger charge is 2.50. The van der Waals surface area contributed by atoms with Gasteiger partial charge in [-0.25, -0.2) is 4.98 Å². The number of benzene rings is 3. The van der Waals surface area contributed by atoms with Gasteiger partial charge in [-0.05, 0) is 50.2 Å². The number of aryl methyl sites for hydroxylation is 2. The van der Waals surface area contributed by atoms with Gasteiger partial charge in [0, 0.05) is 5.69 Å². The van der Waals surface area contributed by atoms with Crippen LogP contribution in [0.25, 0.3) is 0 Å². The quantitative estimate of drug-likeness (QED) is 0.508. The first kappa shape index (κ1) is 19.4. The number of rotatable bonds is 4. The molecule has 0 fully saturated rings. The van der Waals surface area contributed by atoms with Crippen LogP contribution in [0.5, 0.6) is 0 Å². The zero-order valence-corrected chi connectivity index (χ0v) is 17.1. The maximum Gasteiger partial charge on any atom is 0.270 e. The van der Waals surface area contributed by atoms with Crippen molar-refractivity contribution in [1.29, 1.82) is 0 Å². The van der Waals surface area contributed by atoms with Crippen molar-refractivity contribution in [3.05, 3.63) is 102 Å². The molecule has 3 aromatic carbocycles. The second kappa shape index (κ2) is 8.08. The third-order valence-corrected chi connectivity index (χ3v) is 8.80. The second-order valence-corrected chi connectivity index (χ2v) is 9.88. The lowest BCUT2D eigenvalue weighted by Crippen LogP contribution is -3.00. The Morgan fingerprint density at radius 3 is 1.59 bits per heavy atom. The summed E-state index contributed by atoms with van der Waals surface area (Å²) in [6, 6.07) is 30.5. The van der Waals surface area contributed by atoms with Crippen LogP contribution < -0.4 is 33.9 Å². The summed E-state index contributed by atoms with van der Waals surface area (Å²) in [5.41, 5.74) is 3.41. The Kier molecular flexibility index (Phi) is 5.79. The summed E-state index contributed by atoms with van der Waals surface area (Å²) in [6.45, 7) is 4.20. The van der Waals surface area contributed by atoms with E-state index in [1.165, 1.54) is 21.5 Å². The topological polar surface area (TPSA) is 28.7 Å². The highest BCUT2D eigenvalue weighted by atomic mass is 35.5. The maximum absolute atomic E-state index is 4.83. The second-order valence-electron chi connectivity index (χ2n) is 6.57. The summed E-state index contributed by atoms with van der Waals surface area (Å²) in [5, 5.41) is 3.93. The van der Waals surface area contributed by atoms with Gasteiger partial charge < -0.3 is 17.4 Å². The van der Waals surface area contributed by atoms with Crippen LogP contribution in [0.2, 0.25) is 0 Å². The Labute approximate surface area is 167 Å². The number of H-pyrrole nitrogens is 1. The average Bonchev–Trinajstić information content (AvgIpc) is 3.12. The van der Waals surface area contributed by atoms with E-state index < -0.39 is 7.26 Å². The average molecular weight is 393 g/mol. The minimum absolute atomic E-state index is 0. The molecule has 1 N–H and O–H groups in total. The smallest absolute Gasteiger partial charge is 0.270 e. The molecule has 0 saturated heterocycles. The molecule has 0 amide bonds. The fraction of sp³-hybridized carbons (Fsp3) is 0.0870. The van der Waals surface area contributed by atoms with Crippen LogP contribution >= 0.6 is 7.26 Å². The highest BCUT2D eigenvalue weighted by Crippen LogP contribution is 2.53. The lowest BCUT2D eigenvalue weighted by molar-refractivity contribution is -0.00000532. The van der Waals surface area contributed by atoms with Crippen LogP contribution in [-0.4, -0.2) is 9.97 Å². The van der Waals surface area contributed by atoms with Crippen LogP contribution in [0.15, 0.2) is 91.1 Å². The number of hydrogen-bond acceptors (Lipinski definition) is 1. The zero-order chi connectivity index (χ0) is 18.0. The summed E-state index contributed by atoms with van der Waals surface area (Å²) in [6.07, 6.45) is 1.93. The molecule has 0 bridgehead atoms. The SMILES string of the molecule is Cc1ccc([P+](c2ccccc2)(c2ccccc2)c2ncc(C)[nH]2)cc1.[Cl-]. The van der Waals surface area contributed by atoms with Crippen molar-refractivity contribution in [2.24, 2.45) is 0 Å². The van der Waals surface area contributed by atoms with Crippen LogP contribution in [-0.2, 0) is 0 Å². The van der Waals surface area contributed by atoms with Gasteiger partial charge in [0.05, 0.1) is 6.20 Å². The number of halogens is 1. The summed E-state index contributed by atoms with van der Waals surface area (Å²) < 4.78 is 0. The molecule has 0 radical (unpaired) electrons. The minimum atomic E-state index is -2.07. The first-order chi connectivity index (χ1) is 12.7. The number of hydrogen-bond donors (Lipinski definition) is 1. The predicted molar refractivity (Wildman–Crippen MR) is 113 cm³/mol. The number of aromatic amines is 1. The molecule has 0 aliphatic heterocycles. The van der Waals surface area contributed by atoms with Gasteiger partial charge in [0.25, 0.3) is 5.57 Å².